The van der Waals surface area contributed by atoms with E-state index in [9.17, 15) is 22.2 Å². The number of benzene rings is 1. The molecule has 0 radical (unpaired) electrons. The lowest BCUT2D eigenvalue weighted by Crippen LogP contribution is -2.26. The molecule has 0 aliphatic rings. The molecule has 40 heavy (non-hydrogen) atoms. The zero-order chi connectivity index (χ0) is 29.3. The molecule has 3 aromatic rings. The van der Waals surface area contributed by atoms with Gasteiger partial charge in [0.1, 0.15) is 5.75 Å². The molecule has 2 heterocycles. The predicted octanol–water partition coefficient (Wildman–Crippen LogP) is 5.45. The number of imidazole rings is 1. The highest BCUT2D eigenvalue weighted by Gasteiger charge is 2.29. The van der Waals surface area contributed by atoms with Gasteiger partial charge in [-0.3, -0.25) is 13.8 Å². The summed E-state index contributed by atoms with van der Waals surface area (Å²) >= 11 is 0. The Morgan fingerprint density at radius 1 is 1.12 bits per heavy atom. The summed E-state index contributed by atoms with van der Waals surface area (Å²) in [6.45, 7) is 6.40. The summed E-state index contributed by atoms with van der Waals surface area (Å²) < 4.78 is 79.4. The number of halogens is 3. The molecule has 10 nitrogen and oxygen atoms in total. The summed E-state index contributed by atoms with van der Waals surface area (Å²) in [7, 11) is -1.83. The van der Waals surface area contributed by atoms with E-state index in [0.717, 1.165) is 0 Å². The second-order valence-electron chi connectivity index (χ2n) is 8.48. The van der Waals surface area contributed by atoms with Crippen LogP contribution in [0.5, 0.6) is 5.75 Å². The Labute approximate surface area is 232 Å². The van der Waals surface area contributed by atoms with Crippen molar-refractivity contribution >= 4 is 28.0 Å². The smallest absolute Gasteiger partial charge is 0.484 e. The maximum atomic E-state index is 13.5. The van der Waals surface area contributed by atoms with Crippen LogP contribution in [0.4, 0.5) is 18.0 Å². The number of rotatable bonds is 14. The molecule has 0 bridgehead atoms. The van der Waals surface area contributed by atoms with Crippen molar-refractivity contribution in [1.29, 1.82) is 0 Å². The van der Waals surface area contributed by atoms with E-state index in [2.05, 4.69) is 9.97 Å². The van der Waals surface area contributed by atoms with E-state index in [0.29, 0.717) is 42.8 Å². The molecule has 0 spiro atoms. The Bertz CT molecular complexity index is 1300. The normalized spacial score (nSPS) is 14.1. The van der Waals surface area contributed by atoms with Crippen LogP contribution in [0.1, 0.15) is 44.7 Å². The van der Waals surface area contributed by atoms with Gasteiger partial charge >= 0.3 is 12.3 Å². The van der Waals surface area contributed by atoms with Crippen molar-refractivity contribution in [2.75, 3.05) is 26.4 Å². The molecule has 1 aromatic carbocycles. The SMILES string of the molecule is CCOCCC(OCC)OC(=O)OC(C)n1c(S(=O)Cc2nccc(OCC(F)(F)F)c2C)nc2ccccc21. The highest BCUT2D eigenvalue weighted by molar-refractivity contribution is 7.84. The summed E-state index contributed by atoms with van der Waals surface area (Å²) in [6.07, 6.45) is -5.76. The molecule has 3 unspecified atom stereocenters. The zero-order valence-corrected chi connectivity index (χ0v) is 23.4. The van der Waals surface area contributed by atoms with Gasteiger partial charge in [-0.05, 0) is 45.9 Å². The van der Waals surface area contributed by atoms with Crippen molar-refractivity contribution in [3.05, 3.63) is 47.8 Å². The zero-order valence-electron chi connectivity index (χ0n) is 22.6. The second kappa shape index (κ2) is 14.4. The number of ether oxygens (including phenoxy) is 5. The third-order valence-electron chi connectivity index (χ3n) is 5.60. The third kappa shape index (κ3) is 8.63. The number of carbonyl (C=O) groups is 1. The van der Waals surface area contributed by atoms with Crippen LogP contribution in [-0.4, -0.2) is 63.8 Å². The van der Waals surface area contributed by atoms with Crippen molar-refractivity contribution in [2.24, 2.45) is 0 Å². The van der Waals surface area contributed by atoms with E-state index in [1.54, 1.807) is 38.1 Å². The van der Waals surface area contributed by atoms with Crippen molar-refractivity contribution in [3.63, 3.8) is 0 Å². The first-order valence-corrected chi connectivity index (χ1v) is 13.9. The van der Waals surface area contributed by atoms with Gasteiger partial charge in [-0.15, -0.1) is 0 Å². The van der Waals surface area contributed by atoms with Gasteiger partial charge in [-0.2, -0.15) is 13.2 Å². The van der Waals surface area contributed by atoms with Gasteiger partial charge in [0, 0.05) is 31.4 Å². The van der Waals surface area contributed by atoms with Crippen LogP contribution in [-0.2, 0) is 35.5 Å². The topological polar surface area (TPSA) is 111 Å². The molecule has 220 valence electrons. The van der Waals surface area contributed by atoms with E-state index >= 15 is 0 Å². The number of fused-ring (bicyclic) bond motifs is 1. The summed E-state index contributed by atoms with van der Waals surface area (Å²) in [5.74, 6) is -0.181. The molecule has 0 saturated carbocycles. The minimum atomic E-state index is -4.51. The molecule has 14 heteroatoms. The number of aromatic nitrogens is 3. The number of carbonyl (C=O) groups excluding carboxylic acids is 1. The van der Waals surface area contributed by atoms with Crippen molar-refractivity contribution in [3.8, 4) is 5.75 Å². The molecular formula is C26H32F3N3O7S. The lowest BCUT2D eigenvalue weighted by Gasteiger charge is -2.21. The highest BCUT2D eigenvalue weighted by atomic mass is 32.2. The summed E-state index contributed by atoms with van der Waals surface area (Å²) in [6, 6.07) is 8.27. The Balaban J connectivity index is 1.81. The van der Waals surface area contributed by atoms with Crippen molar-refractivity contribution in [2.45, 2.75) is 63.7 Å². The lowest BCUT2D eigenvalue weighted by atomic mass is 10.2. The predicted molar refractivity (Wildman–Crippen MR) is 139 cm³/mol. The Morgan fingerprint density at radius 3 is 2.58 bits per heavy atom. The minimum absolute atomic E-state index is 0.0135. The second-order valence-corrected chi connectivity index (χ2v) is 9.83. The quantitative estimate of drug-likeness (QED) is 0.138. The van der Waals surface area contributed by atoms with Gasteiger partial charge in [0.2, 0.25) is 11.4 Å². The molecular weight excluding hydrogens is 555 g/mol. The average molecular weight is 588 g/mol. The van der Waals surface area contributed by atoms with E-state index < -0.39 is 42.3 Å². The van der Waals surface area contributed by atoms with E-state index in [4.69, 9.17) is 23.7 Å². The number of para-hydroxylation sites is 2. The molecule has 0 aliphatic carbocycles. The Morgan fingerprint density at radius 2 is 1.88 bits per heavy atom. The first kappa shape index (κ1) is 31.3. The first-order valence-electron chi connectivity index (χ1n) is 12.6. The molecule has 2 aromatic heterocycles. The standard InChI is InChI=1S/C26H32F3N3O7S/c1-5-35-14-12-23(36-6-2)39-25(33)38-18(4)32-21-10-8-7-9-19(21)31-24(32)40(34)15-20-17(3)22(11-13-30-20)37-16-26(27,28)29/h7-11,13,18,23H,5-6,12,14-16H2,1-4H3. The van der Waals surface area contributed by atoms with Crippen LogP contribution in [0.25, 0.3) is 11.0 Å². The molecule has 0 fully saturated rings. The van der Waals surface area contributed by atoms with E-state index in [1.807, 2.05) is 6.92 Å². The van der Waals surface area contributed by atoms with Gasteiger partial charge < -0.3 is 23.7 Å². The number of hydrogen-bond donors (Lipinski definition) is 0. The van der Waals surface area contributed by atoms with Crippen LogP contribution in [0.3, 0.4) is 0 Å². The molecule has 0 amide bonds. The number of nitrogens with zero attached hydrogens (tertiary/aromatic N) is 3. The highest BCUT2D eigenvalue weighted by Crippen LogP contribution is 2.28. The summed E-state index contributed by atoms with van der Waals surface area (Å²) in [5.41, 5.74) is 1.66. The Hall–Kier alpha value is -3.23. The molecule has 3 rings (SSSR count). The maximum absolute atomic E-state index is 13.5. The van der Waals surface area contributed by atoms with Gasteiger partial charge in [0.25, 0.3) is 0 Å². The van der Waals surface area contributed by atoms with Crippen LogP contribution < -0.4 is 4.74 Å². The Kier molecular flexibility index (Phi) is 11.3. The van der Waals surface area contributed by atoms with Gasteiger partial charge in [0.15, 0.2) is 12.8 Å². The third-order valence-corrected chi connectivity index (χ3v) is 6.83. The largest absolute Gasteiger partial charge is 0.512 e. The van der Waals surface area contributed by atoms with Crippen molar-refractivity contribution < 1.29 is 45.9 Å². The van der Waals surface area contributed by atoms with E-state index in [-0.39, 0.29) is 22.4 Å². The van der Waals surface area contributed by atoms with Crippen molar-refractivity contribution in [1.82, 2.24) is 14.5 Å². The van der Waals surface area contributed by atoms with Gasteiger partial charge in [-0.1, -0.05) is 12.1 Å². The monoisotopic (exact) mass is 587 g/mol. The number of pyridine rings is 1. The molecule has 0 aliphatic heterocycles. The summed E-state index contributed by atoms with van der Waals surface area (Å²) in [4.78, 5) is 21.3. The average Bonchev–Trinajstić information content (AvgIpc) is 3.29. The molecule has 3 atom stereocenters. The minimum Gasteiger partial charge on any atom is -0.484 e. The van der Waals surface area contributed by atoms with Crippen LogP contribution in [0.2, 0.25) is 0 Å². The molecule has 0 N–H and O–H groups in total. The fraction of sp³-hybridized carbons (Fsp3) is 0.500. The van der Waals surface area contributed by atoms with Crippen LogP contribution in [0, 0.1) is 6.92 Å². The molecule has 0 saturated heterocycles. The summed E-state index contributed by atoms with van der Waals surface area (Å²) in [5, 5.41) is 0.0852. The fourth-order valence-electron chi connectivity index (χ4n) is 3.76. The van der Waals surface area contributed by atoms with Crippen LogP contribution in [0.15, 0.2) is 41.7 Å². The fourth-order valence-corrected chi connectivity index (χ4v) is 5.09. The van der Waals surface area contributed by atoms with Crippen LogP contribution >= 0.6 is 0 Å². The number of alkyl halides is 3. The van der Waals surface area contributed by atoms with Gasteiger partial charge in [-0.25, -0.2) is 9.78 Å². The van der Waals surface area contributed by atoms with Gasteiger partial charge in [0.05, 0.1) is 39.9 Å². The van der Waals surface area contributed by atoms with E-state index in [1.165, 1.54) is 23.8 Å². The lowest BCUT2D eigenvalue weighted by molar-refractivity contribution is -0.153. The maximum Gasteiger partial charge on any atom is 0.512 e. The number of hydrogen-bond acceptors (Lipinski definition) is 9. The first-order chi connectivity index (χ1) is 19.0.